The maximum absolute atomic E-state index is 13.8. The third-order valence-corrected chi connectivity index (χ3v) is 5.17. The summed E-state index contributed by atoms with van der Waals surface area (Å²) in [5.41, 5.74) is -3.34. The average molecular weight is 414 g/mol. The molecule has 0 saturated carbocycles. The summed E-state index contributed by atoms with van der Waals surface area (Å²) < 4.78 is 47.8. The second kappa shape index (κ2) is 7.62. The van der Waals surface area contributed by atoms with Crippen molar-refractivity contribution in [3.63, 3.8) is 0 Å². The fraction of sp³-hybridized carbons (Fsp3) is 0.556. The van der Waals surface area contributed by atoms with Crippen LogP contribution < -0.4 is 11.2 Å². The Morgan fingerprint density at radius 3 is 2.59 bits per heavy atom. The molecule has 3 rings (SSSR count). The number of aryl methyl sites for hydroxylation is 1. The molecule has 1 aliphatic heterocycles. The molecule has 1 fully saturated rings. The number of methoxy groups -OCH3 is 1. The van der Waals surface area contributed by atoms with Gasteiger partial charge in [-0.05, 0) is 18.9 Å². The minimum atomic E-state index is -4.83. The van der Waals surface area contributed by atoms with Crippen molar-refractivity contribution in [1.82, 2.24) is 19.0 Å². The first-order valence-electron chi connectivity index (χ1n) is 9.04. The summed E-state index contributed by atoms with van der Waals surface area (Å²) in [6.07, 6.45) is -3.68. The number of hydrogen-bond donors (Lipinski definition) is 0. The van der Waals surface area contributed by atoms with E-state index in [4.69, 9.17) is 4.74 Å². The van der Waals surface area contributed by atoms with Crippen LogP contribution in [0.15, 0.2) is 15.7 Å². The molecule has 0 aliphatic carbocycles. The van der Waals surface area contributed by atoms with Gasteiger partial charge in [-0.15, -0.1) is 0 Å². The fourth-order valence-corrected chi connectivity index (χ4v) is 3.67. The van der Waals surface area contributed by atoms with Crippen LogP contribution in [0.5, 0.6) is 0 Å². The SMILES string of the molecule is COCCC(=O)N1CCC[C@H]1c1cc(C(F)(F)F)c2c(=O)n(C)c(=O)n(C)c2n1. The number of aromatic nitrogens is 3. The fourth-order valence-electron chi connectivity index (χ4n) is 3.67. The minimum Gasteiger partial charge on any atom is -0.384 e. The maximum atomic E-state index is 13.8. The van der Waals surface area contributed by atoms with E-state index in [2.05, 4.69) is 4.98 Å². The molecule has 158 valence electrons. The number of fused-ring (bicyclic) bond motifs is 1. The van der Waals surface area contributed by atoms with E-state index in [1.165, 1.54) is 19.1 Å². The van der Waals surface area contributed by atoms with E-state index in [9.17, 15) is 27.6 Å². The molecule has 3 heterocycles. The van der Waals surface area contributed by atoms with Crippen LogP contribution in [-0.2, 0) is 29.8 Å². The molecule has 29 heavy (non-hydrogen) atoms. The zero-order valence-corrected chi connectivity index (χ0v) is 16.2. The quantitative estimate of drug-likeness (QED) is 0.754. The van der Waals surface area contributed by atoms with Gasteiger partial charge in [0.05, 0.1) is 35.7 Å². The van der Waals surface area contributed by atoms with E-state index >= 15 is 0 Å². The zero-order valence-electron chi connectivity index (χ0n) is 16.2. The Bertz CT molecular complexity index is 1070. The lowest BCUT2D eigenvalue weighted by molar-refractivity contribution is -0.136. The van der Waals surface area contributed by atoms with Gasteiger partial charge in [-0.2, -0.15) is 13.2 Å². The number of carbonyl (C=O) groups is 1. The Balaban J connectivity index is 2.24. The van der Waals surface area contributed by atoms with E-state index in [1.807, 2.05) is 0 Å². The van der Waals surface area contributed by atoms with Gasteiger partial charge in [0.25, 0.3) is 5.56 Å². The van der Waals surface area contributed by atoms with E-state index < -0.39 is 34.4 Å². The zero-order chi connectivity index (χ0) is 21.5. The van der Waals surface area contributed by atoms with Crippen molar-refractivity contribution in [3.8, 4) is 0 Å². The highest BCUT2D eigenvalue weighted by atomic mass is 19.4. The van der Waals surface area contributed by atoms with Crippen LogP contribution in [0.3, 0.4) is 0 Å². The van der Waals surface area contributed by atoms with Crippen LogP contribution in [0.4, 0.5) is 13.2 Å². The first-order chi connectivity index (χ1) is 13.6. The molecule has 0 N–H and O–H groups in total. The number of amides is 1. The number of pyridine rings is 1. The van der Waals surface area contributed by atoms with Crippen molar-refractivity contribution in [2.45, 2.75) is 31.5 Å². The number of nitrogens with zero attached hydrogens (tertiary/aromatic N) is 4. The van der Waals surface area contributed by atoms with E-state index in [0.29, 0.717) is 24.0 Å². The van der Waals surface area contributed by atoms with Crippen molar-refractivity contribution < 1.29 is 22.7 Å². The van der Waals surface area contributed by atoms with Crippen LogP contribution >= 0.6 is 0 Å². The first kappa shape index (κ1) is 21.0. The normalized spacial score (nSPS) is 17.3. The largest absolute Gasteiger partial charge is 0.417 e. The number of alkyl halides is 3. The van der Waals surface area contributed by atoms with Crippen molar-refractivity contribution in [3.05, 3.63) is 38.2 Å². The highest BCUT2D eigenvalue weighted by Gasteiger charge is 2.38. The van der Waals surface area contributed by atoms with E-state index in [1.54, 1.807) is 0 Å². The molecule has 8 nitrogen and oxygen atoms in total. The van der Waals surface area contributed by atoms with Gasteiger partial charge in [-0.3, -0.25) is 18.7 Å². The van der Waals surface area contributed by atoms with Gasteiger partial charge >= 0.3 is 11.9 Å². The van der Waals surface area contributed by atoms with Gasteiger partial charge in [-0.1, -0.05) is 0 Å². The van der Waals surface area contributed by atoms with E-state index in [0.717, 1.165) is 17.7 Å². The Hall–Kier alpha value is -2.69. The summed E-state index contributed by atoms with van der Waals surface area (Å²) in [4.78, 5) is 42.8. The van der Waals surface area contributed by atoms with Crippen LogP contribution in [-0.4, -0.2) is 45.2 Å². The van der Waals surface area contributed by atoms with Gasteiger partial charge in [0, 0.05) is 27.7 Å². The van der Waals surface area contributed by atoms with E-state index in [-0.39, 0.29) is 30.3 Å². The second-order valence-corrected chi connectivity index (χ2v) is 6.98. The molecule has 0 radical (unpaired) electrons. The summed E-state index contributed by atoms with van der Waals surface area (Å²) in [6.45, 7) is 0.593. The highest BCUT2D eigenvalue weighted by Crippen LogP contribution is 2.37. The standard InChI is InChI=1S/C18H21F3N4O4/c1-23-15-14(16(27)24(2)17(23)28)10(18(19,20)21)9-11(22-15)12-5-4-7-25(12)13(26)6-8-29-3/h9,12H,4-8H2,1-3H3/t12-/m0/s1. The molecule has 0 spiro atoms. The van der Waals surface area contributed by atoms with Gasteiger partial charge in [-0.25, -0.2) is 9.78 Å². The number of hydrogen-bond acceptors (Lipinski definition) is 5. The second-order valence-electron chi connectivity index (χ2n) is 6.98. The molecule has 0 aromatic carbocycles. The Morgan fingerprint density at radius 2 is 1.97 bits per heavy atom. The molecule has 11 heteroatoms. The van der Waals surface area contributed by atoms with Gasteiger partial charge < -0.3 is 9.64 Å². The van der Waals surface area contributed by atoms with Gasteiger partial charge in [0.15, 0.2) is 0 Å². The predicted octanol–water partition coefficient (Wildman–Crippen LogP) is 1.35. The average Bonchev–Trinajstić information content (AvgIpc) is 3.17. The third-order valence-electron chi connectivity index (χ3n) is 5.17. The topological polar surface area (TPSA) is 86.4 Å². The van der Waals surface area contributed by atoms with Gasteiger partial charge in [0.2, 0.25) is 5.91 Å². The molecule has 1 saturated heterocycles. The number of rotatable bonds is 4. The number of likely N-dealkylation sites (tertiary alicyclic amines) is 1. The summed E-state index contributed by atoms with van der Waals surface area (Å²) in [7, 11) is 3.83. The molecule has 2 aromatic heterocycles. The molecule has 0 unspecified atom stereocenters. The van der Waals surface area contributed by atoms with Crippen molar-refractivity contribution in [2.24, 2.45) is 14.1 Å². The van der Waals surface area contributed by atoms with Crippen LogP contribution in [0.2, 0.25) is 0 Å². The van der Waals surface area contributed by atoms with Crippen molar-refractivity contribution >= 4 is 16.9 Å². The molecular formula is C18H21F3N4O4. The van der Waals surface area contributed by atoms with Crippen LogP contribution in [0, 0.1) is 0 Å². The molecular weight excluding hydrogens is 393 g/mol. The Labute approximate surface area is 163 Å². The number of halogens is 3. The lowest BCUT2D eigenvalue weighted by Gasteiger charge is -2.25. The summed E-state index contributed by atoms with van der Waals surface area (Å²) in [5.74, 6) is -0.248. The van der Waals surface area contributed by atoms with Crippen LogP contribution in [0.1, 0.15) is 36.6 Å². The monoisotopic (exact) mass is 414 g/mol. The van der Waals surface area contributed by atoms with Crippen LogP contribution in [0.25, 0.3) is 11.0 Å². The Morgan fingerprint density at radius 1 is 1.28 bits per heavy atom. The third kappa shape index (κ3) is 3.66. The highest BCUT2D eigenvalue weighted by molar-refractivity contribution is 5.80. The molecule has 0 bridgehead atoms. The minimum absolute atomic E-state index is 0.0105. The first-order valence-corrected chi connectivity index (χ1v) is 9.04. The number of carbonyl (C=O) groups excluding carboxylic acids is 1. The number of ether oxygens (including phenoxy) is 1. The maximum Gasteiger partial charge on any atom is 0.417 e. The van der Waals surface area contributed by atoms with Crippen molar-refractivity contribution in [2.75, 3.05) is 20.3 Å². The molecule has 1 amide bonds. The smallest absolute Gasteiger partial charge is 0.384 e. The lowest BCUT2D eigenvalue weighted by atomic mass is 10.0. The lowest BCUT2D eigenvalue weighted by Crippen LogP contribution is -2.39. The summed E-state index contributed by atoms with van der Waals surface area (Å²) in [5, 5.41) is -0.666. The summed E-state index contributed by atoms with van der Waals surface area (Å²) in [6, 6.07) is 0.157. The van der Waals surface area contributed by atoms with Gasteiger partial charge in [0.1, 0.15) is 5.65 Å². The molecule has 2 aromatic rings. The predicted molar refractivity (Wildman–Crippen MR) is 97.4 cm³/mol. The van der Waals surface area contributed by atoms with Crippen molar-refractivity contribution in [1.29, 1.82) is 0 Å². The Kier molecular flexibility index (Phi) is 5.52. The molecule has 1 aliphatic rings. The summed E-state index contributed by atoms with van der Waals surface area (Å²) >= 11 is 0. The molecule has 1 atom stereocenters.